The normalized spacial score (nSPS) is 10.5. The summed E-state index contributed by atoms with van der Waals surface area (Å²) in [4.78, 5) is 13.5. The van der Waals surface area contributed by atoms with Gasteiger partial charge < -0.3 is 9.42 Å². The van der Waals surface area contributed by atoms with E-state index in [-0.39, 0.29) is 5.91 Å². The summed E-state index contributed by atoms with van der Waals surface area (Å²) in [6.07, 6.45) is 1.40. The van der Waals surface area contributed by atoms with Crippen molar-refractivity contribution in [3.8, 4) is 0 Å². The molecule has 2 heterocycles. The lowest BCUT2D eigenvalue weighted by Crippen LogP contribution is -2.27. The molecule has 2 aromatic heterocycles. The van der Waals surface area contributed by atoms with Crippen LogP contribution in [0.5, 0.6) is 0 Å². The van der Waals surface area contributed by atoms with Crippen LogP contribution >= 0.6 is 0 Å². The van der Waals surface area contributed by atoms with E-state index in [0.29, 0.717) is 12.2 Å². The molecule has 0 aliphatic carbocycles. The van der Waals surface area contributed by atoms with E-state index >= 15 is 0 Å². The molecule has 0 spiro atoms. The third-order valence-corrected chi connectivity index (χ3v) is 2.56. The molecule has 1 amide bonds. The van der Waals surface area contributed by atoms with Crippen molar-refractivity contribution in [3.63, 3.8) is 0 Å². The minimum Gasteiger partial charge on any atom is -0.361 e. The quantitative estimate of drug-likeness (QED) is 0.845. The highest BCUT2D eigenvalue weighted by atomic mass is 16.5. The number of hydrogen-bond donors (Lipinski definition) is 1. The van der Waals surface area contributed by atoms with Crippen LogP contribution in [0.3, 0.4) is 0 Å². The van der Waals surface area contributed by atoms with E-state index < -0.39 is 0 Å². The number of nitrogens with zero attached hydrogens (tertiary/aromatic N) is 4. The Kier molecular flexibility index (Phi) is 2.90. The summed E-state index contributed by atoms with van der Waals surface area (Å²) in [5.74, 6) is 0.529. The van der Waals surface area contributed by atoms with Gasteiger partial charge >= 0.3 is 0 Å². The molecular formula is C10H13N5O2. The SMILES string of the molecule is Cc1noc(C)c1CN(C)C(=O)c1cn[nH]n1. The number of aromatic nitrogens is 4. The number of nitrogens with one attached hydrogen (secondary N) is 1. The summed E-state index contributed by atoms with van der Waals surface area (Å²) in [5, 5.41) is 13.6. The zero-order valence-electron chi connectivity index (χ0n) is 9.89. The fourth-order valence-electron chi connectivity index (χ4n) is 1.54. The summed E-state index contributed by atoms with van der Waals surface area (Å²) < 4.78 is 5.04. The molecule has 0 fully saturated rings. The Morgan fingerprint density at radius 1 is 1.53 bits per heavy atom. The lowest BCUT2D eigenvalue weighted by Gasteiger charge is -2.15. The molecule has 0 atom stereocenters. The fourth-order valence-corrected chi connectivity index (χ4v) is 1.54. The van der Waals surface area contributed by atoms with Crippen molar-refractivity contribution < 1.29 is 9.32 Å². The number of carbonyl (C=O) groups is 1. The maximum atomic E-state index is 11.9. The summed E-state index contributed by atoms with van der Waals surface area (Å²) >= 11 is 0. The third-order valence-electron chi connectivity index (χ3n) is 2.56. The second-order valence-electron chi connectivity index (χ2n) is 3.82. The molecular weight excluding hydrogens is 222 g/mol. The van der Waals surface area contributed by atoms with Gasteiger partial charge in [-0.25, -0.2) is 0 Å². The van der Waals surface area contributed by atoms with Crippen molar-refractivity contribution in [2.24, 2.45) is 0 Å². The summed E-state index contributed by atoms with van der Waals surface area (Å²) in [6, 6.07) is 0. The van der Waals surface area contributed by atoms with Crippen LogP contribution in [0, 0.1) is 13.8 Å². The average Bonchev–Trinajstić information content (AvgIpc) is 2.93. The van der Waals surface area contributed by atoms with Gasteiger partial charge in [0.05, 0.1) is 18.4 Å². The van der Waals surface area contributed by atoms with Crippen LogP contribution in [0.2, 0.25) is 0 Å². The number of amides is 1. The topological polar surface area (TPSA) is 87.9 Å². The van der Waals surface area contributed by atoms with Crippen molar-refractivity contribution in [2.45, 2.75) is 20.4 Å². The van der Waals surface area contributed by atoms with Crippen molar-refractivity contribution in [2.75, 3.05) is 7.05 Å². The first kappa shape index (κ1) is 11.3. The van der Waals surface area contributed by atoms with E-state index in [1.54, 1.807) is 11.9 Å². The molecule has 1 N–H and O–H groups in total. The van der Waals surface area contributed by atoms with Gasteiger partial charge in [0.25, 0.3) is 5.91 Å². The Hall–Kier alpha value is -2.18. The van der Waals surface area contributed by atoms with Gasteiger partial charge in [0.2, 0.25) is 0 Å². The van der Waals surface area contributed by atoms with E-state index in [1.165, 1.54) is 6.20 Å². The molecule has 90 valence electrons. The van der Waals surface area contributed by atoms with Gasteiger partial charge in [0.1, 0.15) is 5.76 Å². The molecule has 0 aliphatic rings. The minimum absolute atomic E-state index is 0.196. The van der Waals surface area contributed by atoms with Crippen LogP contribution in [0.1, 0.15) is 27.5 Å². The van der Waals surface area contributed by atoms with Crippen LogP contribution < -0.4 is 0 Å². The summed E-state index contributed by atoms with van der Waals surface area (Å²) in [7, 11) is 1.70. The highest BCUT2D eigenvalue weighted by Gasteiger charge is 2.18. The second kappa shape index (κ2) is 4.36. The van der Waals surface area contributed by atoms with Crippen LogP contribution in [0.4, 0.5) is 0 Å². The first-order valence-electron chi connectivity index (χ1n) is 5.12. The van der Waals surface area contributed by atoms with E-state index in [2.05, 4.69) is 20.6 Å². The van der Waals surface area contributed by atoms with E-state index in [9.17, 15) is 4.79 Å². The van der Waals surface area contributed by atoms with Gasteiger partial charge in [-0.05, 0) is 13.8 Å². The molecule has 0 bridgehead atoms. The predicted octanol–water partition coefficient (Wildman–Crippen LogP) is 0.682. The number of hydrogen-bond acceptors (Lipinski definition) is 5. The highest BCUT2D eigenvalue weighted by molar-refractivity contribution is 5.91. The highest BCUT2D eigenvalue weighted by Crippen LogP contribution is 2.14. The maximum absolute atomic E-state index is 11.9. The van der Waals surface area contributed by atoms with Gasteiger partial charge in [-0.2, -0.15) is 15.4 Å². The van der Waals surface area contributed by atoms with Crippen LogP contribution in [0.15, 0.2) is 10.7 Å². The Morgan fingerprint density at radius 3 is 2.82 bits per heavy atom. The number of aryl methyl sites for hydroxylation is 2. The van der Waals surface area contributed by atoms with Gasteiger partial charge in [-0.1, -0.05) is 5.16 Å². The first-order valence-corrected chi connectivity index (χ1v) is 5.12. The molecule has 0 radical (unpaired) electrons. The maximum Gasteiger partial charge on any atom is 0.276 e. The smallest absolute Gasteiger partial charge is 0.276 e. The molecule has 0 saturated heterocycles. The lowest BCUT2D eigenvalue weighted by molar-refractivity contribution is 0.0778. The van der Waals surface area contributed by atoms with Crippen molar-refractivity contribution >= 4 is 5.91 Å². The van der Waals surface area contributed by atoms with Gasteiger partial charge in [-0.15, -0.1) is 0 Å². The zero-order chi connectivity index (χ0) is 12.4. The molecule has 0 unspecified atom stereocenters. The van der Waals surface area contributed by atoms with Crippen molar-refractivity contribution in [3.05, 3.63) is 28.9 Å². The average molecular weight is 235 g/mol. The predicted molar refractivity (Wildman–Crippen MR) is 58.2 cm³/mol. The Bertz CT molecular complexity index is 497. The van der Waals surface area contributed by atoms with E-state index in [0.717, 1.165) is 17.0 Å². The minimum atomic E-state index is -0.196. The van der Waals surface area contributed by atoms with Crippen LogP contribution in [0.25, 0.3) is 0 Å². The molecule has 0 aromatic carbocycles. The van der Waals surface area contributed by atoms with Crippen molar-refractivity contribution in [1.29, 1.82) is 0 Å². The monoisotopic (exact) mass is 235 g/mol. The molecule has 7 heteroatoms. The van der Waals surface area contributed by atoms with Gasteiger partial charge in [0, 0.05) is 12.6 Å². The first-order chi connectivity index (χ1) is 8.09. The Labute approximate surface area is 97.8 Å². The molecule has 17 heavy (non-hydrogen) atoms. The number of aromatic amines is 1. The van der Waals surface area contributed by atoms with Crippen LogP contribution in [-0.4, -0.2) is 38.4 Å². The molecule has 0 aliphatic heterocycles. The van der Waals surface area contributed by atoms with E-state index in [1.807, 2.05) is 13.8 Å². The number of carbonyl (C=O) groups excluding carboxylic acids is 1. The van der Waals surface area contributed by atoms with Gasteiger partial charge in [0.15, 0.2) is 5.69 Å². The molecule has 2 rings (SSSR count). The standard InChI is InChI=1S/C10H13N5O2/c1-6-8(7(2)17-13-6)5-15(3)10(16)9-4-11-14-12-9/h4H,5H2,1-3H3,(H,11,12,14). The Balaban J connectivity index is 2.12. The summed E-state index contributed by atoms with van der Waals surface area (Å²) in [5.41, 5.74) is 2.01. The number of rotatable bonds is 3. The van der Waals surface area contributed by atoms with E-state index in [4.69, 9.17) is 4.52 Å². The zero-order valence-corrected chi connectivity index (χ0v) is 9.89. The second-order valence-corrected chi connectivity index (χ2v) is 3.82. The third kappa shape index (κ3) is 2.17. The van der Waals surface area contributed by atoms with Crippen LogP contribution in [-0.2, 0) is 6.54 Å². The van der Waals surface area contributed by atoms with Gasteiger partial charge in [-0.3, -0.25) is 4.79 Å². The molecule has 0 saturated carbocycles. The fraction of sp³-hybridized carbons (Fsp3) is 0.400. The molecule has 7 nitrogen and oxygen atoms in total. The summed E-state index contributed by atoms with van der Waals surface area (Å²) in [6.45, 7) is 4.11. The molecule has 2 aromatic rings. The largest absolute Gasteiger partial charge is 0.361 e. The lowest BCUT2D eigenvalue weighted by atomic mass is 10.2. The van der Waals surface area contributed by atoms with Crippen molar-refractivity contribution in [1.82, 2.24) is 25.5 Å². The number of H-pyrrole nitrogens is 1. The Morgan fingerprint density at radius 2 is 2.29 bits per heavy atom.